The first-order valence-electron chi connectivity index (χ1n) is 5.54. The lowest BCUT2D eigenvalue weighted by Crippen LogP contribution is -1.98. The molecular weight excluding hydrogens is 215 g/mol. The van der Waals surface area contributed by atoms with E-state index in [2.05, 4.69) is 0 Å². The molecule has 2 aromatic rings. The molecule has 0 saturated heterocycles. The normalized spacial score (nSPS) is 12.5. The number of benzene rings is 2. The van der Waals surface area contributed by atoms with Crippen molar-refractivity contribution in [2.75, 3.05) is 0 Å². The fourth-order valence-electron chi connectivity index (χ4n) is 2.59. The smallest absolute Gasteiger partial charge is 0.194 e. The Morgan fingerprint density at radius 1 is 1.00 bits per heavy atom. The van der Waals surface area contributed by atoms with Crippen molar-refractivity contribution in [3.63, 3.8) is 0 Å². The summed E-state index contributed by atoms with van der Waals surface area (Å²) in [7, 11) is 0. The molecule has 84 valence electrons. The van der Waals surface area contributed by atoms with Crippen LogP contribution in [0.2, 0.25) is 0 Å². The van der Waals surface area contributed by atoms with Crippen molar-refractivity contribution < 1.29 is 9.18 Å². The van der Waals surface area contributed by atoms with Gasteiger partial charge >= 0.3 is 0 Å². The summed E-state index contributed by atoms with van der Waals surface area (Å²) in [5.74, 6) is -0.383. The Hall–Kier alpha value is -1.96. The molecule has 1 nitrogen and oxygen atoms in total. The van der Waals surface area contributed by atoms with E-state index in [9.17, 15) is 9.18 Å². The van der Waals surface area contributed by atoms with Gasteiger partial charge in [-0.25, -0.2) is 4.39 Å². The Kier molecular flexibility index (Phi) is 1.96. The van der Waals surface area contributed by atoms with E-state index < -0.39 is 0 Å². The quantitative estimate of drug-likeness (QED) is 0.571. The number of carbonyl (C=O) groups is 1. The van der Waals surface area contributed by atoms with Crippen LogP contribution in [0.15, 0.2) is 30.3 Å². The zero-order valence-electron chi connectivity index (χ0n) is 9.67. The molecule has 1 aliphatic carbocycles. The molecule has 0 spiro atoms. The minimum atomic E-state index is -0.320. The number of carbonyl (C=O) groups excluding carboxylic acids is 1. The van der Waals surface area contributed by atoms with E-state index in [0.717, 1.165) is 16.7 Å². The van der Waals surface area contributed by atoms with Gasteiger partial charge in [-0.2, -0.15) is 0 Å². The van der Waals surface area contributed by atoms with Gasteiger partial charge in [0.25, 0.3) is 0 Å². The maximum atomic E-state index is 13.9. The summed E-state index contributed by atoms with van der Waals surface area (Å²) in [5.41, 5.74) is 4.29. The number of halogens is 1. The third kappa shape index (κ3) is 1.27. The zero-order chi connectivity index (χ0) is 12.2. The average Bonchev–Trinajstić information content (AvgIpc) is 2.54. The summed E-state index contributed by atoms with van der Waals surface area (Å²) in [4.78, 5) is 12.2. The molecule has 0 N–H and O–H groups in total. The lowest BCUT2D eigenvalue weighted by Gasteiger charge is -2.05. The van der Waals surface area contributed by atoms with Gasteiger partial charge in [0.05, 0.1) is 0 Å². The second-order valence-electron chi connectivity index (χ2n) is 4.50. The molecule has 17 heavy (non-hydrogen) atoms. The molecule has 2 aromatic carbocycles. The van der Waals surface area contributed by atoms with E-state index in [0.29, 0.717) is 16.7 Å². The molecule has 0 bridgehead atoms. The Labute approximate surface area is 98.9 Å². The molecule has 0 unspecified atom stereocenters. The molecule has 0 radical (unpaired) electrons. The summed E-state index contributed by atoms with van der Waals surface area (Å²) in [6.45, 7) is 3.85. The maximum Gasteiger partial charge on any atom is 0.194 e. The molecule has 0 atom stereocenters. The van der Waals surface area contributed by atoms with Gasteiger partial charge in [-0.3, -0.25) is 4.79 Å². The van der Waals surface area contributed by atoms with Gasteiger partial charge in [0.1, 0.15) is 5.82 Å². The number of fused-ring (bicyclic) bond motifs is 3. The number of aryl methyl sites for hydroxylation is 2. The molecule has 0 aliphatic heterocycles. The summed E-state index contributed by atoms with van der Waals surface area (Å²) in [6.07, 6.45) is 0. The van der Waals surface area contributed by atoms with E-state index in [1.54, 1.807) is 12.1 Å². The van der Waals surface area contributed by atoms with Crippen LogP contribution in [0.4, 0.5) is 4.39 Å². The maximum absolute atomic E-state index is 13.9. The first-order chi connectivity index (χ1) is 8.09. The van der Waals surface area contributed by atoms with Crippen LogP contribution in [0.3, 0.4) is 0 Å². The van der Waals surface area contributed by atoms with Crippen LogP contribution in [0.5, 0.6) is 0 Å². The predicted octanol–water partition coefficient (Wildman–Crippen LogP) is 3.65. The molecule has 0 heterocycles. The van der Waals surface area contributed by atoms with Crippen molar-refractivity contribution in [1.29, 1.82) is 0 Å². The monoisotopic (exact) mass is 226 g/mol. The minimum Gasteiger partial charge on any atom is -0.289 e. The molecule has 0 fully saturated rings. The lowest BCUT2D eigenvalue weighted by molar-refractivity contribution is 0.104. The van der Waals surface area contributed by atoms with Crippen molar-refractivity contribution in [2.45, 2.75) is 13.8 Å². The highest BCUT2D eigenvalue weighted by molar-refractivity contribution is 6.22. The Morgan fingerprint density at radius 3 is 2.53 bits per heavy atom. The molecule has 0 aromatic heterocycles. The average molecular weight is 226 g/mol. The Bertz CT molecular complexity index is 656. The molecule has 1 aliphatic rings. The van der Waals surface area contributed by atoms with E-state index in [4.69, 9.17) is 0 Å². The van der Waals surface area contributed by atoms with Crippen LogP contribution in [0, 0.1) is 19.7 Å². The van der Waals surface area contributed by atoms with Crippen molar-refractivity contribution in [3.8, 4) is 11.1 Å². The van der Waals surface area contributed by atoms with Gasteiger partial charge in [-0.1, -0.05) is 29.8 Å². The third-order valence-electron chi connectivity index (χ3n) is 3.23. The first-order valence-corrected chi connectivity index (χ1v) is 5.54. The zero-order valence-corrected chi connectivity index (χ0v) is 9.67. The van der Waals surface area contributed by atoms with Gasteiger partial charge < -0.3 is 0 Å². The van der Waals surface area contributed by atoms with Gasteiger partial charge in [-0.05, 0) is 31.0 Å². The van der Waals surface area contributed by atoms with E-state index in [1.165, 1.54) is 6.07 Å². The van der Waals surface area contributed by atoms with E-state index in [-0.39, 0.29) is 11.6 Å². The van der Waals surface area contributed by atoms with Gasteiger partial charge in [0, 0.05) is 16.7 Å². The van der Waals surface area contributed by atoms with Crippen LogP contribution in [0.25, 0.3) is 11.1 Å². The van der Waals surface area contributed by atoms with Crippen molar-refractivity contribution in [1.82, 2.24) is 0 Å². The largest absolute Gasteiger partial charge is 0.289 e. The predicted molar refractivity (Wildman–Crippen MR) is 64.7 cm³/mol. The molecule has 0 amide bonds. The Morgan fingerprint density at radius 2 is 1.76 bits per heavy atom. The standard InChI is InChI=1S/C15H11FO/c1-8-6-9(2)13-11(7-8)14-10(15(13)17)4-3-5-12(14)16/h3-7H,1-2H3. The highest BCUT2D eigenvalue weighted by Crippen LogP contribution is 2.40. The van der Waals surface area contributed by atoms with Crippen LogP contribution in [-0.4, -0.2) is 5.78 Å². The number of rotatable bonds is 0. The van der Waals surface area contributed by atoms with Crippen molar-refractivity contribution in [3.05, 3.63) is 58.4 Å². The highest BCUT2D eigenvalue weighted by Gasteiger charge is 2.30. The summed E-state index contributed by atoms with van der Waals surface area (Å²) in [5, 5.41) is 0. The summed E-state index contributed by atoms with van der Waals surface area (Å²) in [6, 6.07) is 8.52. The molecular formula is C15H11FO. The van der Waals surface area contributed by atoms with Crippen LogP contribution >= 0.6 is 0 Å². The number of hydrogen-bond donors (Lipinski definition) is 0. The third-order valence-corrected chi connectivity index (χ3v) is 3.23. The second kappa shape index (κ2) is 3.27. The van der Waals surface area contributed by atoms with Gasteiger partial charge in [0.15, 0.2) is 5.78 Å². The van der Waals surface area contributed by atoms with Gasteiger partial charge in [0.2, 0.25) is 0 Å². The fourth-order valence-corrected chi connectivity index (χ4v) is 2.59. The van der Waals surface area contributed by atoms with E-state index >= 15 is 0 Å². The molecule has 0 saturated carbocycles. The summed E-state index contributed by atoms with van der Waals surface area (Å²) >= 11 is 0. The highest BCUT2D eigenvalue weighted by atomic mass is 19.1. The van der Waals surface area contributed by atoms with Crippen LogP contribution in [0.1, 0.15) is 27.0 Å². The lowest BCUT2D eigenvalue weighted by atomic mass is 9.99. The second-order valence-corrected chi connectivity index (χ2v) is 4.50. The van der Waals surface area contributed by atoms with Crippen molar-refractivity contribution in [2.24, 2.45) is 0 Å². The minimum absolute atomic E-state index is 0.0630. The van der Waals surface area contributed by atoms with Crippen molar-refractivity contribution >= 4 is 5.78 Å². The van der Waals surface area contributed by atoms with Crippen LogP contribution < -0.4 is 0 Å². The molecule has 3 rings (SSSR count). The van der Waals surface area contributed by atoms with Gasteiger partial charge in [-0.15, -0.1) is 0 Å². The topological polar surface area (TPSA) is 17.1 Å². The first kappa shape index (κ1) is 10.2. The fraction of sp³-hybridized carbons (Fsp3) is 0.133. The van der Waals surface area contributed by atoms with E-state index in [1.807, 2.05) is 26.0 Å². The SMILES string of the molecule is Cc1cc(C)c2c(c1)-c1c(F)cccc1C2=O. The number of ketones is 1. The number of hydrogen-bond acceptors (Lipinski definition) is 1. The Balaban J connectivity index is 2.46. The summed E-state index contributed by atoms with van der Waals surface area (Å²) < 4.78 is 13.9. The van der Waals surface area contributed by atoms with Crippen LogP contribution in [-0.2, 0) is 0 Å². The molecule has 2 heteroatoms.